The summed E-state index contributed by atoms with van der Waals surface area (Å²) >= 11 is 5.53. The zero-order chi connectivity index (χ0) is 19.8. The van der Waals surface area contributed by atoms with E-state index in [0.29, 0.717) is 17.7 Å². The number of aryl methyl sites for hydroxylation is 1. The highest BCUT2D eigenvalue weighted by Crippen LogP contribution is 2.24. The van der Waals surface area contributed by atoms with Crippen molar-refractivity contribution < 1.29 is 4.79 Å². The minimum atomic E-state index is -0.00992. The van der Waals surface area contributed by atoms with Crippen LogP contribution in [-0.2, 0) is 4.79 Å². The van der Waals surface area contributed by atoms with Crippen molar-refractivity contribution in [3.05, 3.63) is 29.8 Å². The van der Waals surface area contributed by atoms with Crippen LogP contribution in [0.25, 0.3) is 0 Å². The first-order chi connectivity index (χ1) is 12.7. The Labute approximate surface area is 168 Å². The first-order valence-corrected chi connectivity index (χ1v) is 10.3. The monoisotopic (exact) mass is 388 g/mol. The Bertz CT molecular complexity index is 720. The molecule has 5 nitrogen and oxygen atoms in total. The summed E-state index contributed by atoms with van der Waals surface area (Å²) < 4.78 is 0. The Morgan fingerprint density at radius 1 is 1.26 bits per heavy atom. The number of carbonyl (C=O) groups excluding carboxylic acids is 1. The van der Waals surface area contributed by atoms with Gasteiger partial charge in [-0.15, -0.1) is 0 Å². The molecule has 0 spiro atoms. The third-order valence-corrected chi connectivity index (χ3v) is 6.00. The second kappa shape index (κ2) is 7.66. The van der Waals surface area contributed by atoms with Crippen molar-refractivity contribution in [3.63, 3.8) is 0 Å². The van der Waals surface area contributed by atoms with Crippen LogP contribution >= 0.6 is 12.2 Å². The number of rotatable bonds is 3. The standard InChI is InChI=1S/C21H32N4OS/c1-15-7-6-8-18(11-15)24-10-9-23(13-17(24)3)19(26)14-25-16(2)12-21(4,5)22-20(25)27/h6-8,11,16-17H,9-10,12-14H2,1-5H3,(H,22,27)/t16-,17-/m0/s1. The summed E-state index contributed by atoms with van der Waals surface area (Å²) in [7, 11) is 0. The molecule has 0 bridgehead atoms. The Balaban J connectivity index is 1.60. The van der Waals surface area contributed by atoms with Crippen molar-refractivity contribution in [2.75, 3.05) is 31.1 Å². The van der Waals surface area contributed by atoms with Crippen molar-refractivity contribution in [1.29, 1.82) is 0 Å². The Hall–Kier alpha value is -1.82. The number of amides is 1. The minimum absolute atomic E-state index is 0.00992. The Morgan fingerprint density at radius 3 is 2.63 bits per heavy atom. The molecule has 0 saturated carbocycles. The quantitative estimate of drug-likeness (QED) is 0.806. The normalized spacial score (nSPS) is 25.4. The topological polar surface area (TPSA) is 38.8 Å². The van der Waals surface area contributed by atoms with Crippen LogP contribution in [0.3, 0.4) is 0 Å². The first-order valence-electron chi connectivity index (χ1n) is 9.86. The fourth-order valence-corrected chi connectivity index (χ4v) is 4.83. The van der Waals surface area contributed by atoms with E-state index in [1.54, 1.807) is 0 Å². The van der Waals surface area contributed by atoms with Crippen molar-refractivity contribution in [1.82, 2.24) is 15.1 Å². The number of benzene rings is 1. The van der Waals surface area contributed by atoms with E-state index in [9.17, 15) is 4.79 Å². The molecule has 6 heteroatoms. The van der Waals surface area contributed by atoms with E-state index in [1.165, 1.54) is 11.3 Å². The molecule has 1 N–H and O–H groups in total. The van der Waals surface area contributed by atoms with Gasteiger partial charge in [0.2, 0.25) is 5.91 Å². The molecule has 2 fully saturated rings. The molecule has 0 unspecified atom stereocenters. The van der Waals surface area contributed by atoms with Gasteiger partial charge >= 0.3 is 0 Å². The molecule has 2 saturated heterocycles. The lowest BCUT2D eigenvalue weighted by atomic mass is 9.93. The number of piperazine rings is 1. The minimum Gasteiger partial charge on any atom is -0.365 e. The van der Waals surface area contributed by atoms with Crippen molar-refractivity contribution in [2.45, 2.75) is 58.7 Å². The third kappa shape index (κ3) is 4.54. The van der Waals surface area contributed by atoms with Gasteiger partial charge in [0.25, 0.3) is 0 Å². The predicted molar refractivity (Wildman–Crippen MR) is 115 cm³/mol. The van der Waals surface area contributed by atoms with E-state index >= 15 is 0 Å². The van der Waals surface area contributed by atoms with Crippen molar-refractivity contribution >= 4 is 28.9 Å². The second-order valence-corrected chi connectivity index (χ2v) is 9.10. The van der Waals surface area contributed by atoms with E-state index in [-0.39, 0.29) is 17.5 Å². The summed E-state index contributed by atoms with van der Waals surface area (Å²) in [5.74, 6) is 0.168. The van der Waals surface area contributed by atoms with E-state index in [0.717, 1.165) is 26.1 Å². The molecule has 0 aliphatic carbocycles. The molecule has 1 aromatic carbocycles. The van der Waals surface area contributed by atoms with Crippen LogP contribution in [0.1, 0.15) is 39.7 Å². The SMILES string of the molecule is Cc1cccc(N2CCN(C(=O)CN3C(=S)NC(C)(C)C[C@@H]3C)C[C@@H]2C)c1. The molecule has 148 valence electrons. The zero-order valence-corrected chi connectivity index (χ0v) is 18.0. The first kappa shape index (κ1) is 19.9. The summed E-state index contributed by atoms with van der Waals surface area (Å²) in [6, 6.07) is 9.15. The molecule has 0 aromatic heterocycles. The van der Waals surface area contributed by atoms with Crippen LogP contribution in [0.4, 0.5) is 5.69 Å². The maximum Gasteiger partial charge on any atom is 0.242 e. The van der Waals surface area contributed by atoms with E-state index in [1.807, 2.05) is 9.80 Å². The molecule has 2 atom stereocenters. The summed E-state index contributed by atoms with van der Waals surface area (Å²) in [6.07, 6.45) is 0.970. The van der Waals surface area contributed by atoms with Gasteiger partial charge in [0.1, 0.15) is 0 Å². The lowest BCUT2D eigenvalue weighted by molar-refractivity contribution is -0.132. The average Bonchev–Trinajstić information content (AvgIpc) is 2.57. The maximum absolute atomic E-state index is 12.9. The number of thiocarbonyl (C=S) groups is 1. The Morgan fingerprint density at radius 2 is 2.00 bits per heavy atom. The summed E-state index contributed by atoms with van der Waals surface area (Å²) in [5.41, 5.74) is 2.50. The van der Waals surface area contributed by atoms with Gasteiger partial charge < -0.3 is 20.0 Å². The average molecular weight is 389 g/mol. The largest absolute Gasteiger partial charge is 0.365 e. The van der Waals surface area contributed by atoms with Crippen LogP contribution in [-0.4, -0.2) is 64.6 Å². The van der Waals surface area contributed by atoms with Gasteiger partial charge in [0.15, 0.2) is 5.11 Å². The molecule has 2 aliphatic rings. The van der Waals surface area contributed by atoms with Crippen LogP contribution < -0.4 is 10.2 Å². The highest BCUT2D eigenvalue weighted by molar-refractivity contribution is 7.80. The van der Waals surface area contributed by atoms with E-state index in [4.69, 9.17) is 12.2 Å². The molecule has 27 heavy (non-hydrogen) atoms. The molecule has 1 amide bonds. The third-order valence-electron chi connectivity index (χ3n) is 5.66. The lowest BCUT2D eigenvalue weighted by Crippen LogP contribution is -2.63. The van der Waals surface area contributed by atoms with E-state index < -0.39 is 0 Å². The second-order valence-electron chi connectivity index (χ2n) is 8.72. The van der Waals surface area contributed by atoms with Crippen LogP contribution in [0, 0.1) is 6.92 Å². The molecular weight excluding hydrogens is 356 g/mol. The van der Waals surface area contributed by atoms with Gasteiger partial charge in [-0.25, -0.2) is 0 Å². The number of carbonyl (C=O) groups is 1. The molecule has 1 aromatic rings. The molecule has 2 heterocycles. The smallest absolute Gasteiger partial charge is 0.242 e. The summed E-state index contributed by atoms with van der Waals surface area (Å²) in [5, 5.41) is 4.06. The molecular formula is C21H32N4OS. The van der Waals surface area contributed by atoms with Gasteiger partial charge in [-0.3, -0.25) is 4.79 Å². The fraction of sp³-hybridized carbons (Fsp3) is 0.619. The highest BCUT2D eigenvalue weighted by atomic mass is 32.1. The summed E-state index contributed by atoms with van der Waals surface area (Å²) in [6.45, 7) is 13.5. The van der Waals surface area contributed by atoms with Crippen molar-refractivity contribution in [3.8, 4) is 0 Å². The summed E-state index contributed by atoms with van der Waals surface area (Å²) in [4.78, 5) is 19.4. The molecule has 3 rings (SSSR count). The van der Waals surface area contributed by atoms with E-state index in [2.05, 4.69) is 69.1 Å². The van der Waals surface area contributed by atoms with Crippen LogP contribution in [0.2, 0.25) is 0 Å². The van der Waals surface area contributed by atoms with Crippen LogP contribution in [0.5, 0.6) is 0 Å². The zero-order valence-electron chi connectivity index (χ0n) is 17.2. The number of nitrogens with one attached hydrogen (secondary N) is 1. The van der Waals surface area contributed by atoms with Crippen LogP contribution in [0.15, 0.2) is 24.3 Å². The van der Waals surface area contributed by atoms with Gasteiger partial charge in [0.05, 0.1) is 6.54 Å². The number of anilines is 1. The maximum atomic E-state index is 12.9. The predicted octanol–water partition coefficient (Wildman–Crippen LogP) is 2.78. The number of hydrogen-bond donors (Lipinski definition) is 1. The Kier molecular flexibility index (Phi) is 5.65. The van der Waals surface area contributed by atoms with Gasteiger partial charge in [-0.05, 0) is 71.0 Å². The van der Waals surface area contributed by atoms with Gasteiger partial charge in [-0.2, -0.15) is 0 Å². The van der Waals surface area contributed by atoms with Gasteiger partial charge in [0, 0.05) is 42.9 Å². The van der Waals surface area contributed by atoms with Gasteiger partial charge in [-0.1, -0.05) is 12.1 Å². The number of hydrogen-bond acceptors (Lipinski definition) is 3. The number of nitrogens with zero attached hydrogens (tertiary/aromatic N) is 3. The molecule has 2 aliphatic heterocycles. The van der Waals surface area contributed by atoms with Crippen molar-refractivity contribution in [2.24, 2.45) is 0 Å². The fourth-order valence-electron chi connectivity index (χ4n) is 4.31. The molecule has 0 radical (unpaired) electrons. The highest BCUT2D eigenvalue weighted by Gasteiger charge is 2.35. The lowest BCUT2D eigenvalue weighted by Gasteiger charge is -2.46.